The molecular weight excluding hydrogens is 328 g/mol. The van der Waals surface area contributed by atoms with E-state index in [0.717, 1.165) is 24.3 Å². The molecule has 0 bridgehead atoms. The maximum Gasteiger partial charge on any atom is 0.374 e. The van der Waals surface area contributed by atoms with Crippen molar-refractivity contribution >= 4 is 21.8 Å². The Morgan fingerprint density at radius 2 is 1.09 bits per heavy atom. The zero-order valence-electron chi connectivity index (χ0n) is 11.4. The Morgan fingerprint density at radius 3 is 1.43 bits per heavy atom. The van der Waals surface area contributed by atoms with E-state index in [1.54, 1.807) is 0 Å². The standard InChI is InChI=1S/C14H10O8S/c15-13(21-17)9-5-1-3-7-11(9)23(19,20)12-8-4-2-6-10(12)14(16)22-18/h1-8,17-18H. The number of hydrogen-bond donors (Lipinski definition) is 2. The number of rotatable bonds is 4. The Kier molecular flexibility index (Phi) is 4.74. The lowest BCUT2D eigenvalue weighted by Crippen LogP contribution is -2.15. The van der Waals surface area contributed by atoms with Crippen LogP contribution in [0.2, 0.25) is 0 Å². The Bertz CT molecular complexity index is 791. The molecule has 0 heterocycles. The van der Waals surface area contributed by atoms with Crippen LogP contribution in [0.1, 0.15) is 20.7 Å². The monoisotopic (exact) mass is 338 g/mol. The summed E-state index contributed by atoms with van der Waals surface area (Å²) in [5.74, 6) is -2.54. The first-order chi connectivity index (χ1) is 10.9. The molecule has 0 amide bonds. The molecule has 2 N–H and O–H groups in total. The van der Waals surface area contributed by atoms with Crippen molar-refractivity contribution in [2.24, 2.45) is 0 Å². The summed E-state index contributed by atoms with van der Waals surface area (Å²) < 4.78 is 25.5. The van der Waals surface area contributed by atoms with Gasteiger partial charge in [0.15, 0.2) is 0 Å². The lowest BCUT2D eigenvalue weighted by molar-refractivity contribution is -0.183. The quantitative estimate of drug-likeness (QED) is 0.638. The number of carbonyl (C=O) groups is 2. The average molecular weight is 338 g/mol. The van der Waals surface area contributed by atoms with E-state index in [1.165, 1.54) is 24.3 Å². The van der Waals surface area contributed by atoms with Crippen LogP contribution in [0.15, 0.2) is 58.3 Å². The third-order valence-corrected chi connectivity index (χ3v) is 4.83. The van der Waals surface area contributed by atoms with Crippen LogP contribution in [-0.2, 0) is 19.6 Å². The molecule has 0 aromatic heterocycles. The fourth-order valence-electron chi connectivity index (χ4n) is 1.96. The molecule has 8 nitrogen and oxygen atoms in total. The molecule has 0 aliphatic rings. The van der Waals surface area contributed by atoms with Gasteiger partial charge in [-0.1, -0.05) is 24.3 Å². The zero-order chi connectivity index (χ0) is 17.0. The van der Waals surface area contributed by atoms with Crippen LogP contribution in [0.25, 0.3) is 0 Å². The van der Waals surface area contributed by atoms with Crippen molar-refractivity contribution in [3.8, 4) is 0 Å². The van der Waals surface area contributed by atoms with Gasteiger partial charge >= 0.3 is 11.9 Å². The van der Waals surface area contributed by atoms with E-state index in [-0.39, 0.29) is 0 Å². The maximum absolute atomic E-state index is 12.7. The first-order valence-corrected chi connectivity index (χ1v) is 7.56. The van der Waals surface area contributed by atoms with E-state index in [4.69, 9.17) is 10.5 Å². The number of hydrogen-bond acceptors (Lipinski definition) is 8. The smallest absolute Gasteiger partial charge is 0.295 e. The lowest BCUT2D eigenvalue weighted by Gasteiger charge is -2.10. The first kappa shape index (κ1) is 16.6. The number of sulfone groups is 1. The highest BCUT2D eigenvalue weighted by Gasteiger charge is 2.29. The molecule has 23 heavy (non-hydrogen) atoms. The highest BCUT2D eigenvalue weighted by Crippen LogP contribution is 2.27. The Labute approximate surface area is 130 Å². The Hall–Kier alpha value is -2.75. The van der Waals surface area contributed by atoms with Crippen molar-refractivity contribution in [3.63, 3.8) is 0 Å². The van der Waals surface area contributed by atoms with E-state index in [2.05, 4.69) is 9.78 Å². The minimum absolute atomic E-state index is 0.415. The number of benzene rings is 2. The minimum atomic E-state index is -4.33. The molecule has 0 spiro atoms. The summed E-state index contributed by atoms with van der Waals surface area (Å²) in [6.07, 6.45) is 0. The van der Waals surface area contributed by atoms with Gasteiger partial charge in [0.05, 0.1) is 20.9 Å². The highest BCUT2D eigenvalue weighted by atomic mass is 32.2. The third-order valence-electron chi connectivity index (χ3n) is 2.96. The topological polar surface area (TPSA) is 127 Å². The van der Waals surface area contributed by atoms with E-state index >= 15 is 0 Å². The summed E-state index contributed by atoms with van der Waals surface area (Å²) in [5, 5.41) is 17.0. The van der Waals surface area contributed by atoms with Crippen molar-refractivity contribution < 1.29 is 38.3 Å². The van der Waals surface area contributed by atoms with Crippen molar-refractivity contribution in [1.82, 2.24) is 0 Å². The second-order valence-electron chi connectivity index (χ2n) is 4.25. The summed E-state index contributed by atoms with van der Waals surface area (Å²) >= 11 is 0. The first-order valence-electron chi connectivity index (χ1n) is 6.08. The van der Waals surface area contributed by atoms with Gasteiger partial charge in [-0.3, -0.25) is 9.78 Å². The van der Waals surface area contributed by atoms with Gasteiger partial charge in [-0.05, 0) is 24.3 Å². The molecule has 0 fully saturated rings. The fraction of sp³-hybridized carbons (Fsp3) is 0. The van der Waals surface area contributed by atoms with Gasteiger partial charge in [-0.15, -0.1) is 0 Å². The SMILES string of the molecule is O=C(OO)c1ccccc1S(=O)(=O)c1ccccc1C(=O)OO. The van der Waals surface area contributed by atoms with E-state index in [1.807, 2.05) is 0 Å². The van der Waals surface area contributed by atoms with Crippen LogP contribution in [0.3, 0.4) is 0 Å². The minimum Gasteiger partial charge on any atom is -0.295 e. The third kappa shape index (κ3) is 3.06. The van der Waals surface area contributed by atoms with Crippen LogP contribution in [0, 0.1) is 0 Å². The molecule has 0 aliphatic carbocycles. The van der Waals surface area contributed by atoms with E-state index < -0.39 is 42.7 Å². The molecule has 0 saturated heterocycles. The van der Waals surface area contributed by atoms with Gasteiger partial charge in [0.25, 0.3) is 0 Å². The Balaban J connectivity index is 2.71. The molecule has 2 aromatic rings. The summed E-state index contributed by atoms with van der Waals surface area (Å²) in [7, 11) is -4.33. The lowest BCUT2D eigenvalue weighted by atomic mass is 10.2. The van der Waals surface area contributed by atoms with E-state index in [0.29, 0.717) is 0 Å². The predicted octanol–water partition coefficient (Wildman–Crippen LogP) is 1.78. The largest absolute Gasteiger partial charge is 0.374 e. The van der Waals surface area contributed by atoms with Gasteiger partial charge in [-0.25, -0.2) is 18.0 Å². The molecular formula is C14H10O8S. The summed E-state index contributed by atoms with van der Waals surface area (Å²) in [6, 6.07) is 9.96. The molecule has 0 unspecified atom stereocenters. The molecule has 0 aliphatic heterocycles. The van der Waals surface area contributed by atoms with Gasteiger partial charge in [-0.2, -0.15) is 10.5 Å². The second kappa shape index (κ2) is 6.57. The van der Waals surface area contributed by atoms with Crippen LogP contribution >= 0.6 is 0 Å². The van der Waals surface area contributed by atoms with Crippen LogP contribution in [0.5, 0.6) is 0 Å². The van der Waals surface area contributed by atoms with Crippen LogP contribution in [-0.4, -0.2) is 30.9 Å². The molecule has 0 atom stereocenters. The summed E-state index contributed by atoms with van der Waals surface area (Å²) in [6.45, 7) is 0. The molecule has 2 rings (SSSR count). The van der Waals surface area contributed by atoms with Gasteiger partial charge in [0.1, 0.15) is 0 Å². The zero-order valence-corrected chi connectivity index (χ0v) is 12.2. The van der Waals surface area contributed by atoms with Crippen LogP contribution in [0.4, 0.5) is 0 Å². The molecule has 9 heteroatoms. The predicted molar refractivity (Wildman–Crippen MR) is 74.4 cm³/mol. The fourth-order valence-corrected chi connectivity index (χ4v) is 3.59. The van der Waals surface area contributed by atoms with Crippen LogP contribution < -0.4 is 0 Å². The van der Waals surface area contributed by atoms with Gasteiger partial charge in [0.2, 0.25) is 9.84 Å². The molecule has 2 aromatic carbocycles. The molecule has 0 radical (unpaired) electrons. The van der Waals surface area contributed by atoms with Gasteiger partial charge < -0.3 is 0 Å². The molecule has 120 valence electrons. The maximum atomic E-state index is 12.7. The van der Waals surface area contributed by atoms with Crippen molar-refractivity contribution in [2.45, 2.75) is 9.79 Å². The normalized spacial score (nSPS) is 10.9. The van der Waals surface area contributed by atoms with Crippen molar-refractivity contribution in [1.29, 1.82) is 0 Å². The number of carbonyl (C=O) groups excluding carboxylic acids is 2. The van der Waals surface area contributed by atoms with Crippen molar-refractivity contribution in [3.05, 3.63) is 59.7 Å². The average Bonchev–Trinajstić information content (AvgIpc) is 2.60. The summed E-state index contributed by atoms with van der Waals surface area (Å²) in [5.41, 5.74) is -0.829. The second-order valence-corrected chi connectivity index (χ2v) is 6.14. The summed E-state index contributed by atoms with van der Waals surface area (Å²) in [4.78, 5) is 29.2. The highest BCUT2D eigenvalue weighted by molar-refractivity contribution is 7.91. The Morgan fingerprint density at radius 1 is 0.739 bits per heavy atom. The molecule has 0 saturated carbocycles. The van der Waals surface area contributed by atoms with Crippen molar-refractivity contribution in [2.75, 3.05) is 0 Å². The van der Waals surface area contributed by atoms with Gasteiger partial charge in [0, 0.05) is 0 Å². The van der Waals surface area contributed by atoms with E-state index in [9.17, 15) is 18.0 Å².